The Labute approximate surface area is 406 Å². The molecule has 10 rings (SSSR count). The van der Waals surface area contributed by atoms with E-state index in [1.165, 1.54) is 5.56 Å². The zero-order valence-electron chi connectivity index (χ0n) is 30.8. The van der Waals surface area contributed by atoms with Crippen LogP contribution >= 0.6 is 63.7 Å². The maximum absolute atomic E-state index is 12.3. The van der Waals surface area contributed by atoms with Crippen LogP contribution in [0.25, 0.3) is 44.5 Å². The van der Waals surface area contributed by atoms with Gasteiger partial charge in [-0.3, -0.25) is 4.79 Å². The molecule has 0 bridgehead atoms. The second kappa shape index (κ2) is 20.4. The molecule has 2 nitrogen and oxygen atoms in total. The Morgan fingerprint density at radius 3 is 1.34 bits per heavy atom. The van der Waals surface area contributed by atoms with Gasteiger partial charge in [0.25, 0.3) is 0 Å². The van der Waals surface area contributed by atoms with E-state index in [9.17, 15) is 9.90 Å². The summed E-state index contributed by atoms with van der Waals surface area (Å²) in [5.74, 6) is 0.104. The van der Waals surface area contributed by atoms with Crippen molar-refractivity contribution >= 4 is 92.6 Å². The van der Waals surface area contributed by atoms with Gasteiger partial charge in [0, 0.05) is 45.7 Å². The standard InChI is InChI=1S/C25H16Br2O.C13H6Br2O.C12H9.CH4.BrH.Mg/c26-17-10-12-20-21-13-11-18(27)15-24(21)25(28,23(20)14-17)22-9-5-4-8-19(22)16-6-2-1-3-7-16;14-7-1-3-9-10-4-2-8(15)6-12(10)13(16)11(9)5-7;1-3-7-11(8-4-1)12-9-5-2-6-10-12;;;/h1-15,28H;1-6H;1-9H;1H4;1H;/q;;-1;;;+2/p-1. The van der Waals surface area contributed by atoms with Crippen molar-refractivity contribution in [3.63, 3.8) is 0 Å². The van der Waals surface area contributed by atoms with Crippen molar-refractivity contribution in [2.75, 3.05) is 0 Å². The molecule has 0 atom stereocenters. The minimum Gasteiger partial charge on any atom is -1.00 e. The van der Waals surface area contributed by atoms with E-state index in [4.69, 9.17) is 0 Å². The third-order valence-corrected chi connectivity index (χ3v) is 11.9. The van der Waals surface area contributed by atoms with Crippen LogP contribution in [0.3, 0.4) is 0 Å². The predicted molar refractivity (Wildman–Crippen MR) is 255 cm³/mol. The van der Waals surface area contributed by atoms with E-state index in [0.717, 1.165) is 84.7 Å². The Bertz CT molecular complexity index is 2580. The molecule has 8 heteroatoms. The van der Waals surface area contributed by atoms with Crippen LogP contribution in [0.1, 0.15) is 40.0 Å². The first-order chi connectivity index (χ1) is 27.2. The third kappa shape index (κ3) is 9.56. The van der Waals surface area contributed by atoms with Crippen molar-refractivity contribution < 1.29 is 26.9 Å². The van der Waals surface area contributed by atoms with Gasteiger partial charge in [-0.25, -0.2) is 0 Å². The summed E-state index contributed by atoms with van der Waals surface area (Å²) >= 11 is 14.0. The second-order valence-corrected chi connectivity index (χ2v) is 17.0. The van der Waals surface area contributed by atoms with E-state index < -0.39 is 5.60 Å². The number of aliphatic hydroxyl groups is 1. The Kier molecular flexibility index (Phi) is 16.1. The molecule has 288 valence electrons. The number of carbonyl (C=O) groups is 1. The SMILES string of the molecule is C.O=C1c2cc(Br)ccc2-c2ccc(Br)cc21.OC1(c2ccccc2-c2ccccc2)c2cc(Br)ccc2-c2ccc(Br)cc21.[Br-].[Mg+2].[c-]1ccccc1-c1ccccc1. The molecule has 0 saturated carbocycles. The summed E-state index contributed by atoms with van der Waals surface area (Å²) in [6.45, 7) is 0. The molecule has 0 aliphatic heterocycles. The van der Waals surface area contributed by atoms with Crippen LogP contribution in [0.15, 0.2) is 200 Å². The minimum atomic E-state index is -1.23. The summed E-state index contributed by atoms with van der Waals surface area (Å²) in [5, 5.41) is 12.3. The van der Waals surface area contributed by atoms with Crippen LogP contribution in [0, 0.1) is 6.07 Å². The number of fused-ring (bicyclic) bond motifs is 6. The van der Waals surface area contributed by atoms with Crippen LogP contribution in [0.2, 0.25) is 0 Å². The van der Waals surface area contributed by atoms with Crippen LogP contribution in [0.4, 0.5) is 0 Å². The fourth-order valence-electron chi connectivity index (χ4n) is 7.42. The molecule has 0 unspecified atom stereocenters. The number of benzene rings is 8. The number of ketones is 1. The topological polar surface area (TPSA) is 37.3 Å². The van der Waals surface area contributed by atoms with Gasteiger partial charge in [-0.05, 0) is 81.9 Å². The van der Waals surface area contributed by atoms with Crippen molar-refractivity contribution in [3.05, 3.63) is 234 Å². The zero-order valence-corrected chi connectivity index (χ0v) is 40.1. The Hall–Kier alpha value is -3.44. The number of halogens is 5. The first-order valence-corrected chi connectivity index (χ1v) is 21.0. The van der Waals surface area contributed by atoms with Gasteiger partial charge in [-0.15, -0.1) is 35.9 Å². The van der Waals surface area contributed by atoms with E-state index in [1.807, 2.05) is 133 Å². The molecule has 0 fully saturated rings. The van der Waals surface area contributed by atoms with Gasteiger partial charge in [0.15, 0.2) is 5.78 Å². The first kappa shape index (κ1) is 46.6. The summed E-state index contributed by atoms with van der Waals surface area (Å²) in [7, 11) is 0. The van der Waals surface area contributed by atoms with Gasteiger partial charge in [0.05, 0.1) is 0 Å². The molecule has 8 aromatic rings. The second-order valence-electron chi connectivity index (χ2n) is 13.4. The molecule has 0 spiro atoms. The summed E-state index contributed by atoms with van der Waals surface area (Å²) in [4.78, 5) is 12.2. The van der Waals surface area contributed by atoms with Crippen molar-refractivity contribution in [3.8, 4) is 44.5 Å². The molecule has 1 N–H and O–H groups in total. The van der Waals surface area contributed by atoms with Gasteiger partial charge < -0.3 is 22.1 Å². The van der Waals surface area contributed by atoms with Gasteiger partial charge in [0.1, 0.15) is 5.60 Å². The number of rotatable bonds is 3. The largest absolute Gasteiger partial charge is 2.00 e. The normalized spacial score (nSPS) is 11.9. The predicted octanol–water partition coefficient (Wildman–Crippen LogP) is 12.0. The van der Waals surface area contributed by atoms with E-state index in [2.05, 4.69) is 118 Å². The van der Waals surface area contributed by atoms with Crippen LogP contribution in [-0.4, -0.2) is 33.9 Å². The van der Waals surface area contributed by atoms with E-state index >= 15 is 0 Å². The van der Waals surface area contributed by atoms with Gasteiger partial charge in [0.2, 0.25) is 0 Å². The Balaban J connectivity index is 0.000000181. The van der Waals surface area contributed by atoms with Gasteiger partial charge in [-0.2, -0.15) is 0 Å². The van der Waals surface area contributed by atoms with Crippen LogP contribution < -0.4 is 17.0 Å². The van der Waals surface area contributed by atoms with E-state index in [0.29, 0.717) is 0 Å². The fraction of sp³-hybridized carbons (Fsp3) is 0.0392. The van der Waals surface area contributed by atoms with Crippen molar-refractivity contribution in [2.45, 2.75) is 13.0 Å². The molecule has 59 heavy (non-hydrogen) atoms. The molecule has 0 radical (unpaired) electrons. The fourth-order valence-corrected chi connectivity index (χ4v) is 8.86. The summed E-state index contributed by atoms with van der Waals surface area (Å²) in [6.07, 6.45) is 0. The van der Waals surface area contributed by atoms with Crippen molar-refractivity contribution in [1.82, 2.24) is 0 Å². The average Bonchev–Trinajstić information content (AvgIpc) is 3.65. The first-order valence-electron chi connectivity index (χ1n) is 17.9. The average molecular weight is 1100 g/mol. The van der Waals surface area contributed by atoms with Crippen molar-refractivity contribution in [1.29, 1.82) is 0 Å². The third-order valence-electron chi connectivity index (χ3n) is 9.97. The smallest absolute Gasteiger partial charge is 1.00 e. The quantitative estimate of drug-likeness (QED) is 0.141. The molecule has 2 aliphatic rings. The molecule has 0 amide bonds. The van der Waals surface area contributed by atoms with E-state index in [-0.39, 0.29) is 53.2 Å². The molecular formula is C51H35Br5MgO2. The molecule has 0 heterocycles. The zero-order chi connectivity index (χ0) is 38.8. The van der Waals surface area contributed by atoms with Crippen molar-refractivity contribution in [2.24, 2.45) is 0 Å². The number of hydrogen-bond acceptors (Lipinski definition) is 2. The Morgan fingerprint density at radius 2 is 0.847 bits per heavy atom. The summed E-state index contributed by atoms with van der Waals surface area (Å²) < 4.78 is 3.78. The number of carbonyl (C=O) groups excluding carboxylic acids is 1. The monoisotopic (exact) mass is 1100 g/mol. The molecule has 0 aromatic heterocycles. The van der Waals surface area contributed by atoms with Crippen LogP contribution in [0.5, 0.6) is 0 Å². The molecular weight excluding hydrogens is 1070 g/mol. The molecule has 0 saturated heterocycles. The van der Waals surface area contributed by atoms with Gasteiger partial charge >= 0.3 is 23.1 Å². The van der Waals surface area contributed by atoms with Crippen LogP contribution in [-0.2, 0) is 5.60 Å². The van der Waals surface area contributed by atoms with E-state index in [1.54, 1.807) is 0 Å². The maximum Gasteiger partial charge on any atom is 2.00 e. The van der Waals surface area contributed by atoms with Gasteiger partial charge in [-0.1, -0.05) is 186 Å². The minimum absolute atomic E-state index is 0. The summed E-state index contributed by atoms with van der Waals surface area (Å²) in [5.41, 5.74) is 11.7. The summed E-state index contributed by atoms with van der Waals surface area (Å²) in [6, 6.07) is 63.7. The Morgan fingerprint density at radius 1 is 0.424 bits per heavy atom. The molecule has 8 aromatic carbocycles. The number of hydrogen-bond donors (Lipinski definition) is 1. The maximum atomic E-state index is 12.3. The molecule has 2 aliphatic carbocycles.